The summed E-state index contributed by atoms with van der Waals surface area (Å²) < 4.78 is 0. The lowest BCUT2D eigenvalue weighted by Crippen LogP contribution is -1.77. The SMILES string of the molecule is [CH]=Cc1ccc(-c2ccccc2)cc1. The maximum absolute atomic E-state index is 5.41. The van der Waals surface area contributed by atoms with E-state index in [1.807, 2.05) is 30.3 Å². The molecule has 14 heavy (non-hydrogen) atoms. The van der Waals surface area contributed by atoms with E-state index in [2.05, 4.69) is 24.3 Å². The highest BCUT2D eigenvalue weighted by Crippen LogP contribution is 2.19. The molecular formula is C14H11. The highest BCUT2D eigenvalue weighted by atomic mass is 14.0. The minimum absolute atomic E-state index is 1.05. The molecule has 0 unspecified atom stereocenters. The maximum Gasteiger partial charge on any atom is -0.0184 e. The molecule has 0 bridgehead atoms. The highest BCUT2D eigenvalue weighted by molar-refractivity contribution is 5.65. The van der Waals surface area contributed by atoms with Crippen molar-refractivity contribution in [2.75, 3.05) is 0 Å². The van der Waals surface area contributed by atoms with Gasteiger partial charge in [-0.1, -0.05) is 67.3 Å². The molecule has 0 N–H and O–H groups in total. The third-order valence-electron chi connectivity index (χ3n) is 2.21. The van der Waals surface area contributed by atoms with Crippen molar-refractivity contribution in [3.63, 3.8) is 0 Å². The normalized spacial score (nSPS) is 9.71. The topological polar surface area (TPSA) is 0 Å². The van der Waals surface area contributed by atoms with Crippen LogP contribution in [0.15, 0.2) is 54.6 Å². The third kappa shape index (κ3) is 1.74. The van der Waals surface area contributed by atoms with Crippen LogP contribution >= 0.6 is 0 Å². The first kappa shape index (κ1) is 8.76. The van der Waals surface area contributed by atoms with Crippen molar-refractivity contribution in [2.45, 2.75) is 0 Å². The first-order valence-corrected chi connectivity index (χ1v) is 4.60. The average Bonchev–Trinajstić information content (AvgIpc) is 2.30. The van der Waals surface area contributed by atoms with Crippen LogP contribution in [0.25, 0.3) is 17.2 Å². The lowest BCUT2D eigenvalue weighted by atomic mass is 10.0. The Morgan fingerprint density at radius 3 is 1.86 bits per heavy atom. The van der Waals surface area contributed by atoms with Crippen LogP contribution in [0.1, 0.15) is 5.56 Å². The second-order valence-corrected chi connectivity index (χ2v) is 3.15. The minimum atomic E-state index is 1.05. The molecule has 0 fully saturated rings. The second-order valence-electron chi connectivity index (χ2n) is 3.15. The molecule has 0 aliphatic heterocycles. The number of rotatable bonds is 2. The van der Waals surface area contributed by atoms with Crippen LogP contribution in [0.4, 0.5) is 0 Å². The van der Waals surface area contributed by atoms with Gasteiger partial charge in [0.2, 0.25) is 0 Å². The zero-order valence-corrected chi connectivity index (χ0v) is 7.85. The fraction of sp³-hybridized carbons (Fsp3) is 0. The molecule has 67 valence electrons. The number of benzene rings is 2. The molecular weight excluding hydrogens is 168 g/mol. The summed E-state index contributed by atoms with van der Waals surface area (Å²) in [5.41, 5.74) is 3.50. The molecule has 0 aliphatic rings. The van der Waals surface area contributed by atoms with Crippen LogP contribution in [0.2, 0.25) is 0 Å². The standard InChI is InChI=1S/C14H11/c1-2-12-8-10-14(11-9-12)13-6-4-3-5-7-13/h1-11H. The smallest absolute Gasteiger partial charge is 0.0184 e. The Balaban J connectivity index is 2.39. The van der Waals surface area contributed by atoms with Crippen molar-refractivity contribution < 1.29 is 0 Å². The van der Waals surface area contributed by atoms with Crippen molar-refractivity contribution in [1.29, 1.82) is 0 Å². The van der Waals surface area contributed by atoms with E-state index in [1.54, 1.807) is 6.08 Å². The van der Waals surface area contributed by atoms with Crippen LogP contribution in [-0.4, -0.2) is 0 Å². The van der Waals surface area contributed by atoms with Crippen LogP contribution in [0.5, 0.6) is 0 Å². The third-order valence-corrected chi connectivity index (χ3v) is 2.21. The molecule has 2 aromatic rings. The summed E-state index contributed by atoms with van der Waals surface area (Å²) in [6.45, 7) is 5.41. The van der Waals surface area contributed by atoms with Crippen LogP contribution in [-0.2, 0) is 0 Å². The van der Waals surface area contributed by atoms with Gasteiger partial charge in [-0.05, 0) is 16.7 Å². The van der Waals surface area contributed by atoms with Crippen molar-refractivity contribution in [3.8, 4) is 11.1 Å². The molecule has 2 rings (SSSR count). The largest absolute Gasteiger partial charge is 0.0622 e. The lowest BCUT2D eigenvalue weighted by Gasteiger charge is -2.01. The molecule has 0 heteroatoms. The van der Waals surface area contributed by atoms with Crippen LogP contribution < -0.4 is 0 Å². The van der Waals surface area contributed by atoms with E-state index in [1.165, 1.54) is 11.1 Å². The van der Waals surface area contributed by atoms with Gasteiger partial charge in [0.25, 0.3) is 0 Å². The van der Waals surface area contributed by atoms with Gasteiger partial charge in [0.05, 0.1) is 0 Å². The summed E-state index contributed by atoms with van der Waals surface area (Å²) in [7, 11) is 0. The fourth-order valence-electron chi connectivity index (χ4n) is 1.42. The van der Waals surface area contributed by atoms with E-state index in [9.17, 15) is 0 Å². The van der Waals surface area contributed by atoms with Gasteiger partial charge in [0.15, 0.2) is 0 Å². The molecule has 0 aromatic heterocycles. The average molecular weight is 179 g/mol. The zero-order chi connectivity index (χ0) is 9.80. The predicted molar refractivity (Wildman–Crippen MR) is 60.6 cm³/mol. The van der Waals surface area contributed by atoms with Crippen molar-refractivity contribution in [3.05, 3.63) is 66.7 Å². The van der Waals surface area contributed by atoms with Crippen LogP contribution in [0.3, 0.4) is 0 Å². The summed E-state index contributed by atoms with van der Waals surface area (Å²) in [5, 5.41) is 0. The van der Waals surface area contributed by atoms with Crippen LogP contribution in [0, 0.1) is 6.58 Å². The Kier molecular flexibility index (Phi) is 2.46. The Labute approximate surface area is 84.5 Å². The van der Waals surface area contributed by atoms with Gasteiger partial charge in [-0.25, -0.2) is 0 Å². The molecule has 0 heterocycles. The summed E-state index contributed by atoms with van der Waals surface area (Å²) in [4.78, 5) is 0. The fourth-order valence-corrected chi connectivity index (χ4v) is 1.42. The van der Waals surface area contributed by atoms with E-state index >= 15 is 0 Å². The first-order chi connectivity index (χ1) is 6.90. The second kappa shape index (κ2) is 3.93. The highest BCUT2D eigenvalue weighted by Gasteiger charge is 1.94. The summed E-state index contributed by atoms with van der Waals surface area (Å²) in [6.07, 6.45) is 1.61. The Morgan fingerprint density at radius 1 is 0.714 bits per heavy atom. The van der Waals surface area contributed by atoms with Crippen molar-refractivity contribution in [1.82, 2.24) is 0 Å². The van der Waals surface area contributed by atoms with Gasteiger partial charge in [0.1, 0.15) is 0 Å². The van der Waals surface area contributed by atoms with E-state index in [-0.39, 0.29) is 0 Å². The molecule has 0 nitrogen and oxygen atoms in total. The molecule has 0 saturated carbocycles. The van der Waals surface area contributed by atoms with Gasteiger partial charge in [-0.15, -0.1) is 0 Å². The monoisotopic (exact) mass is 179 g/mol. The summed E-state index contributed by atoms with van der Waals surface area (Å²) >= 11 is 0. The van der Waals surface area contributed by atoms with Gasteiger partial charge in [-0.3, -0.25) is 0 Å². The van der Waals surface area contributed by atoms with E-state index < -0.39 is 0 Å². The van der Waals surface area contributed by atoms with E-state index in [0.29, 0.717) is 0 Å². The van der Waals surface area contributed by atoms with Gasteiger partial charge >= 0.3 is 0 Å². The summed E-state index contributed by atoms with van der Waals surface area (Å²) in [5.74, 6) is 0. The number of hydrogen-bond acceptors (Lipinski definition) is 0. The zero-order valence-electron chi connectivity index (χ0n) is 7.85. The van der Waals surface area contributed by atoms with Crippen molar-refractivity contribution >= 4 is 6.08 Å². The Morgan fingerprint density at radius 2 is 1.29 bits per heavy atom. The molecule has 0 amide bonds. The quantitative estimate of drug-likeness (QED) is 0.657. The molecule has 2 aromatic carbocycles. The minimum Gasteiger partial charge on any atom is -0.0622 e. The van der Waals surface area contributed by atoms with E-state index in [0.717, 1.165) is 5.56 Å². The predicted octanol–water partition coefficient (Wildman–Crippen LogP) is 3.80. The molecule has 0 saturated heterocycles. The molecule has 0 spiro atoms. The van der Waals surface area contributed by atoms with Crippen molar-refractivity contribution in [2.24, 2.45) is 0 Å². The van der Waals surface area contributed by atoms with Gasteiger partial charge < -0.3 is 0 Å². The first-order valence-electron chi connectivity index (χ1n) is 4.60. The van der Waals surface area contributed by atoms with Gasteiger partial charge in [-0.2, -0.15) is 0 Å². The van der Waals surface area contributed by atoms with E-state index in [4.69, 9.17) is 6.58 Å². The summed E-state index contributed by atoms with van der Waals surface area (Å²) in [6, 6.07) is 18.5. The lowest BCUT2D eigenvalue weighted by molar-refractivity contribution is 1.60. The molecule has 0 atom stereocenters. The maximum atomic E-state index is 5.41. The Bertz CT molecular complexity index is 410. The Hall–Kier alpha value is -1.82. The molecule has 1 radical (unpaired) electrons. The number of hydrogen-bond donors (Lipinski definition) is 0. The molecule has 0 aliphatic carbocycles. The van der Waals surface area contributed by atoms with Gasteiger partial charge in [0, 0.05) is 0 Å².